The van der Waals surface area contributed by atoms with Gasteiger partial charge in [-0.2, -0.15) is 0 Å². The number of benzene rings is 8. The van der Waals surface area contributed by atoms with Crippen LogP contribution < -0.4 is 21.5 Å². The normalized spacial score (nSPS) is 13.6. The number of aromatic nitrogens is 2. The van der Waals surface area contributed by atoms with Gasteiger partial charge in [-0.1, -0.05) is 72.8 Å². The second-order valence-electron chi connectivity index (χ2n) is 17.0. The van der Waals surface area contributed by atoms with E-state index in [9.17, 15) is 38.4 Å². The fourth-order valence-electron chi connectivity index (χ4n) is 10.3. The SMILES string of the molecule is O=C1c2cccc(Nc3cccc4c3C(=O)c3ccc5c(=O)c6ccccc6[nH]c5c3C4=O)c2C(=O)c2c(Nc3cccc4c3C(=O)c3ccc5c(=O)c6ccccc6[nH]c5c3C4=O)cccc21. The Morgan fingerprint density at radius 1 is 0.265 bits per heavy atom. The molecule has 0 unspecified atom stereocenters. The van der Waals surface area contributed by atoms with Crippen LogP contribution in [0.15, 0.2) is 155 Å². The highest BCUT2D eigenvalue weighted by atomic mass is 16.2. The molecule has 13 rings (SSSR count). The first-order valence-electron chi connectivity index (χ1n) is 21.6. The van der Waals surface area contributed by atoms with Gasteiger partial charge in [0.15, 0.2) is 45.6 Å². The maximum atomic E-state index is 15.0. The topological polar surface area (TPSA) is 192 Å². The lowest BCUT2D eigenvalue weighted by Crippen LogP contribution is -2.25. The zero-order chi connectivity index (χ0) is 46.3. The van der Waals surface area contributed by atoms with Crippen molar-refractivity contribution >= 4 is 101 Å². The third kappa shape index (κ3) is 5.19. The Labute approximate surface area is 381 Å². The lowest BCUT2D eigenvalue weighted by molar-refractivity contribution is 0.0980. The molecule has 12 nitrogen and oxygen atoms in total. The number of carbonyl (C=O) groups is 6. The summed E-state index contributed by atoms with van der Waals surface area (Å²) in [7, 11) is 0. The van der Waals surface area contributed by atoms with E-state index in [1.165, 1.54) is 36.4 Å². The number of fused-ring (bicyclic) bond motifs is 12. The number of hydrogen-bond donors (Lipinski definition) is 4. The van der Waals surface area contributed by atoms with Gasteiger partial charge in [-0.15, -0.1) is 0 Å². The number of pyridine rings is 2. The Bertz CT molecular complexity index is 4000. The summed E-state index contributed by atoms with van der Waals surface area (Å²) < 4.78 is 0. The average molecular weight is 885 g/mol. The first-order valence-corrected chi connectivity index (χ1v) is 21.6. The molecule has 320 valence electrons. The molecule has 0 saturated carbocycles. The molecule has 0 bridgehead atoms. The first-order chi connectivity index (χ1) is 33.1. The van der Waals surface area contributed by atoms with Crippen LogP contribution in [0.1, 0.15) is 95.5 Å². The van der Waals surface area contributed by atoms with E-state index < -0.39 is 34.7 Å². The molecule has 12 heteroatoms. The summed E-state index contributed by atoms with van der Waals surface area (Å²) >= 11 is 0. The van der Waals surface area contributed by atoms with Crippen molar-refractivity contribution < 1.29 is 28.8 Å². The number of ketones is 6. The fourth-order valence-corrected chi connectivity index (χ4v) is 10.3. The van der Waals surface area contributed by atoms with E-state index in [0.29, 0.717) is 21.8 Å². The van der Waals surface area contributed by atoms with Crippen LogP contribution in [-0.2, 0) is 0 Å². The van der Waals surface area contributed by atoms with Crippen LogP contribution in [0.4, 0.5) is 22.7 Å². The van der Waals surface area contributed by atoms with Gasteiger partial charge >= 0.3 is 0 Å². The van der Waals surface area contributed by atoms with Crippen LogP contribution >= 0.6 is 0 Å². The number of para-hydroxylation sites is 2. The summed E-state index contributed by atoms with van der Waals surface area (Å²) in [5.41, 5.74) is 2.78. The molecule has 8 aromatic carbocycles. The standard InChI is InChI=1S/C56H28N4O8/c61-49-25-9-1-3-15-35(25)59-47-33(49)23-21-31-45(47)54(66)29-13-7-17-37(41(29)52(31)64)57-39-19-5-11-27-43(39)56(68)44-28(51(27)63)12-6-20-40(44)58-38-18-8-14-30-42(38)53(65)32-22-24-34-48(46(32)55(30)67)60-36-16-4-2-10-26(36)50(34)62/h1-24,57-58H,(H,59,61)(H,60,62). The van der Waals surface area contributed by atoms with Crippen LogP contribution in [0.3, 0.4) is 0 Å². The Hall–Kier alpha value is -9.68. The van der Waals surface area contributed by atoms with Gasteiger partial charge in [-0.25, -0.2) is 0 Å². The van der Waals surface area contributed by atoms with Crippen molar-refractivity contribution in [2.45, 2.75) is 0 Å². The zero-order valence-corrected chi connectivity index (χ0v) is 35.1. The third-order valence-corrected chi connectivity index (χ3v) is 13.4. The van der Waals surface area contributed by atoms with Crippen LogP contribution in [0.25, 0.3) is 43.6 Å². The van der Waals surface area contributed by atoms with Crippen LogP contribution in [0.2, 0.25) is 0 Å². The molecule has 4 N–H and O–H groups in total. The summed E-state index contributed by atoms with van der Waals surface area (Å²) in [6.45, 7) is 0. The van der Waals surface area contributed by atoms with Crippen molar-refractivity contribution in [3.63, 3.8) is 0 Å². The maximum Gasteiger partial charge on any atom is 0.198 e. The molecule has 68 heavy (non-hydrogen) atoms. The van der Waals surface area contributed by atoms with Crippen molar-refractivity contribution in [2.75, 3.05) is 10.6 Å². The van der Waals surface area contributed by atoms with E-state index in [4.69, 9.17) is 0 Å². The summed E-state index contributed by atoms with van der Waals surface area (Å²) in [5.74, 6) is -2.88. The molecule has 0 atom stereocenters. The van der Waals surface area contributed by atoms with Crippen molar-refractivity contribution in [1.29, 1.82) is 0 Å². The first kappa shape index (κ1) is 38.8. The van der Waals surface area contributed by atoms with E-state index in [2.05, 4.69) is 20.6 Å². The molecule has 2 aromatic heterocycles. The maximum absolute atomic E-state index is 15.0. The number of aromatic amines is 2. The van der Waals surface area contributed by atoms with Crippen molar-refractivity contribution in [2.24, 2.45) is 0 Å². The van der Waals surface area contributed by atoms with Gasteiger partial charge in [-0.05, 0) is 72.8 Å². The number of anilines is 4. The predicted octanol–water partition coefficient (Wildman–Crippen LogP) is 9.49. The average Bonchev–Trinajstić information content (AvgIpc) is 3.36. The van der Waals surface area contributed by atoms with Crippen molar-refractivity contribution in [3.05, 3.63) is 233 Å². The smallest absolute Gasteiger partial charge is 0.198 e. The van der Waals surface area contributed by atoms with Crippen molar-refractivity contribution in [1.82, 2.24) is 9.97 Å². The minimum absolute atomic E-state index is 0.0194. The monoisotopic (exact) mass is 884 g/mol. The molecular formula is C56H28N4O8. The molecule has 0 fully saturated rings. The van der Waals surface area contributed by atoms with E-state index in [0.717, 1.165) is 0 Å². The Morgan fingerprint density at radius 3 is 0.985 bits per heavy atom. The summed E-state index contributed by atoms with van der Waals surface area (Å²) in [4.78, 5) is 121. The van der Waals surface area contributed by atoms with Gasteiger partial charge in [0.05, 0.1) is 67.2 Å². The van der Waals surface area contributed by atoms with Gasteiger partial charge in [0.25, 0.3) is 0 Å². The number of rotatable bonds is 4. The Balaban J connectivity index is 0.877. The molecular weight excluding hydrogens is 857 g/mol. The van der Waals surface area contributed by atoms with E-state index in [1.807, 2.05) is 0 Å². The van der Waals surface area contributed by atoms with E-state index >= 15 is 0 Å². The van der Waals surface area contributed by atoms with Gasteiger partial charge < -0.3 is 20.6 Å². The van der Waals surface area contributed by atoms with Crippen LogP contribution in [0.5, 0.6) is 0 Å². The number of nitrogens with one attached hydrogen (secondary N) is 4. The molecule has 10 aromatic rings. The zero-order valence-electron chi connectivity index (χ0n) is 35.1. The quantitative estimate of drug-likeness (QED) is 0.124. The molecule has 0 spiro atoms. The highest BCUT2D eigenvalue weighted by Gasteiger charge is 2.38. The largest absolute Gasteiger partial charge is 0.354 e. The van der Waals surface area contributed by atoms with Crippen molar-refractivity contribution in [3.8, 4) is 0 Å². The Morgan fingerprint density at radius 2 is 0.588 bits per heavy atom. The molecule has 0 aliphatic heterocycles. The highest BCUT2D eigenvalue weighted by Crippen LogP contribution is 2.42. The number of H-pyrrole nitrogens is 2. The Kier molecular flexibility index (Phi) is 7.93. The summed E-state index contributed by atoms with van der Waals surface area (Å²) in [6, 6.07) is 39.0. The van der Waals surface area contributed by atoms with Gasteiger partial charge in [0.2, 0.25) is 0 Å². The lowest BCUT2D eigenvalue weighted by Gasteiger charge is -2.26. The van der Waals surface area contributed by atoms with Gasteiger partial charge in [0.1, 0.15) is 0 Å². The molecule has 3 aliphatic rings. The lowest BCUT2D eigenvalue weighted by atomic mass is 9.80. The fraction of sp³-hybridized carbons (Fsp3) is 0. The van der Waals surface area contributed by atoms with Gasteiger partial charge in [0, 0.05) is 66.0 Å². The molecule has 0 saturated heterocycles. The minimum Gasteiger partial charge on any atom is -0.354 e. The molecule has 2 heterocycles. The second-order valence-corrected chi connectivity index (χ2v) is 17.0. The molecule has 0 radical (unpaired) electrons. The second kappa shape index (κ2) is 13.9. The third-order valence-electron chi connectivity index (χ3n) is 13.4. The minimum atomic E-state index is -0.541. The number of carbonyl (C=O) groups excluding carboxylic acids is 6. The van der Waals surface area contributed by atoms with Gasteiger partial charge in [-0.3, -0.25) is 38.4 Å². The summed E-state index contributed by atoms with van der Waals surface area (Å²) in [5, 5.41) is 7.89. The van der Waals surface area contributed by atoms with E-state index in [-0.39, 0.29) is 122 Å². The predicted molar refractivity (Wildman–Crippen MR) is 257 cm³/mol. The summed E-state index contributed by atoms with van der Waals surface area (Å²) in [6.07, 6.45) is 0. The highest BCUT2D eigenvalue weighted by molar-refractivity contribution is 6.36. The molecule has 3 aliphatic carbocycles. The molecule has 0 amide bonds. The number of hydrogen-bond acceptors (Lipinski definition) is 10. The van der Waals surface area contributed by atoms with Crippen LogP contribution in [0, 0.1) is 0 Å². The van der Waals surface area contributed by atoms with Crippen LogP contribution in [-0.4, -0.2) is 44.7 Å². The van der Waals surface area contributed by atoms with E-state index in [1.54, 1.807) is 109 Å².